The predicted molar refractivity (Wildman–Crippen MR) is 48.7 cm³/mol. The molecule has 1 fully saturated rings. The first-order valence-electron chi connectivity index (χ1n) is 4.70. The molecule has 13 heavy (non-hydrogen) atoms. The summed E-state index contributed by atoms with van der Waals surface area (Å²) in [5.41, 5.74) is 0. The quantitative estimate of drug-likeness (QED) is 0.683. The van der Waals surface area contributed by atoms with Gasteiger partial charge in [-0.15, -0.1) is 0 Å². The molecule has 0 saturated carbocycles. The zero-order valence-electron chi connectivity index (χ0n) is 8.19. The lowest BCUT2D eigenvalue weighted by molar-refractivity contribution is -0.140. The maximum atomic E-state index is 10.5. The molecule has 0 bridgehead atoms. The normalized spacial score (nSPS) is 19.9. The lowest BCUT2D eigenvalue weighted by atomic mass is 10.1. The molecule has 1 atom stereocenters. The van der Waals surface area contributed by atoms with Crippen LogP contribution in [0, 0.1) is 0 Å². The van der Waals surface area contributed by atoms with E-state index in [1.165, 1.54) is 0 Å². The number of carboxylic acids is 1. The summed E-state index contributed by atoms with van der Waals surface area (Å²) in [7, 11) is 0. The van der Waals surface area contributed by atoms with Crippen molar-refractivity contribution in [3.63, 3.8) is 0 Å². The van der Waals surface area contributed by atoms with Crippen molar-refractivity contribution in [3.8, 4) is 0 Å². The van der Waals surface area contributed by atoms with Gasteiger partial charge in [-0.05, 0) is 13.5 Å². The molecule has 4 nitrogen and oxygen atoms in total. The molecule has 0 aromatic carbocycles. The van der Waals surface area contributed by atoms with Crippen molar-refractivity contribution in [1.29, 1.82) is 0 Å². The van der Waals surface area contributed by atoms with Crippen LogP contribution in [0.25, 0.3) is 0 Å². The monoisotopic (exact) mass is 187 g/mol. The fourth-order valence-electron chi connectivity index (χ4n) is 1.71. The Hall–Kier alpha value is -0.610. The number of carboxylic acid groups (broad SMARTS) is 1. The molecule has 0 spiro atoms. The highest BCUT2D eigenvalue weighted by Gasteiger charge is 2.28. The van der Waals surface area contributed by atoms with Gasteiger partial charge in [0, 0.05) is 6.04 Å². The first kappa shape index (κ1) is 10.5. The van der Waals surface area contributed by atoms with Gasteiger partial charge in [0.2, 0.25) is 0 Å². The Kier molecular flexibility index (Phi) is 3.69. The molecule has 4 heteroatoms. The van der Waals surface area contributed by atoms with Gasteiger partial charge >= 0.3 is 5.97 Å². The average Bonchev–Trinajstić information content (AvgIpc) is 1.94. The van der Waals surface area contributed by atoms with E-state index in [0.29, 0.717) is 6.04 Å². The SMILES string of the molecule is CCN(C(C)CC(=O)O)C1COC1. The molecule has 0 aromatic rings. The summed E-state index contributed by atoms with van der Waals surface area (Å²) in [6.45, 7) is 6.39. The standard InChI is InChI=1S/C9H17NO3/c1-3-10(8-5-13-6-8)7(2)4-9(11)12/h7-8H,3-6H2,1-2H3,(H,11,12). The van der Waals surface area contributed by atoms with E-state index >= 15 is 0 Å². The first-order chi connectivity index (χ1) is 6.15. The van der Waals surface area contributed by atoms with Crippen LogP contribution in [0.2, 0.25) is 0 Å². The zero-order chi connectivity index (χ0) is 9.84. The van der Waals surface area contributed by atoms with Crippen LogP contribution in [0.4, 0.5) is 0 Å². The lowest BCUT2D eigenvalue weighted by Crippen LogP contribution is -2.52. The molecule has 1 heterocycles. The van der Waals surface area contributed by atoms with Gasteiger partial charge in [-0.2, -0.15) is 0 Å². The summed E-state index contributed by atoms with van der Waals surface area (Å²) in [5.74, 6) is -0.730. The molecule has 0 aliphatic carbocycles. The minimum atomic E-state index is -0.730. The van der Waals surface area contributed by atoms with Crippen molar-refractivity contribution in [2.45, 2.75) is 32.4 Å². The van der Waals surface area contributed by atoms with Gasteiger partial charge in [0.15, 0.2) is 0 Å². The van der Waals surface area contributed by atoms with Gasteiger partial charge in [-0.1, -0.05) is 6.92 Å². The van der Waals surface area contributed by atoms with Crippen molar-refractivity contribution in [2.75, 3.05) is 19.8 Å². The van der Waals surface area contributed by atoms with Crippen molar-refractivity contribution in [3.05, 3.63) is 0 Å². The minimum Gasteiger partial charge on any atom is -0.481 e. The first-order valence-corrected chi connectivity index (χ1v) is 4.70. The van der Waals surface area contributed by atoms with Crippen LogP contribution in [0.3, 0.4) is 0 Å². The van der Waals surface area contributed by atoms with E-state index in [1.54, 1.807) is 0 Å². The molecule has 0 aromatic heterocycles. The van der Waals surface area contributed by atoms with Crippen molar-refractivity contribution >= 4 is 5.97 Å². The smallest absolute Gasteiger partial charge is 0.304 e. The van der Waals surface area contributed by atoms with Crippen molar-refractivity contribution < 1.29 is 14.6 Å². The van der Waals surface area contributed by atoms with E-state index < -0.39 is 5.97 Å². The van der Waals surface area contributed by atoms with Gasteiger partial charge in [0.05, 0.1) is 25.7 Å². The summed E-state index contributed by atoms with van der Waals surface area (Å²) in [4.78, 5) is 12.7. The largest absolute Gasteiger partial charge is 0.481 e. The number of carbonyl (C=O) groups is 1. The summed E-state index contributed by atoms with van der Waals surface area (Å²) < 4.78 is 5.08. The highest BCUT2D eigenvalue weighted by Crippen LogP contribution is 2.15. The Balaban J connectivity index is 2.39. The van der Waals surface area contributed by atoms with Crippen molar-refractivity contribution in [1.82, 2.24) is 4.90 Å². The topological polar surface area (TPSA) is 49.8 Å². The Morgan fingerprint density at radius 3 is 2.62 bits per heavy atom. The van der Waals surface area contributed by atoms with Crippen LogP contribution >= 0.6 is 0 Å². The third kappa shape index (κ3) is 2.67. The van der Waals surface area contributed by atoms with Crippen LogP contribution in [0.5, 0.6) is 0 Å². The second kappa shape index (κ2) is 4.58. The lowest BCUT2D eigenvalue weighted by Gasteiger charge is -2.39. The summed E-state index contributed by atoms with van der Waals surface area (Å²) in [6.07, 6.45) is 0.213. The zero-order valence-corrected chi connectivity index (χ0v) is 8.19. The van der Waals surface area contributed by atoms with E-state index in [-0.39, 0.29) is 12.5 Å². The summed E-state index contributed by atoms with van der Waals surface area (Å²) in [5, 5.41) is 8.64. The Morgan fingerprint density at radius 2 is 2.31 bits per heavy atom. The summed E-state index contributed by atoms with van der Waals surface area (Å²) >= 11 is 0. The fraction of sp³-hybridized carbons (Fsp3) is 0.889. The molecule has 0 radical (unpaired) electrons. The van der Waals surface area contributed by atoms with Gasteiger partial charge in [-0.25, -0.2) is 0 Å². The van der Waals surface area contributed by atoms with E-state index in [4.69, 9.17) is 9.84 Å². The molecular formula is C9H17NO3. The number of aliphatic carboxylic acids is 1. The average molecular weight is 187 g/mol. The third-order valence-electron chi connectivity index (χ3n) is 2.49. The molecule has 1 unspecified atom stereocenters. The second-order valence-electron chi connectivity index (χ2n) is 3.47. The number of hydrogen-bond donors (Lipinski definition) is 1. The van der Waals surface area contributed by atoms with Gasteiger partial charge in [0.1, 0.15) is 0 Å². The molecule has 1 rings (SSSR count). The van der Waals surface area contributed by atoms with E-state index in [9.17, 15) is 4.79 Å². The number of ether oxygens (including phenoxy) is 1. The molecule has 1 aliphatic rings. The fourth-order valence-corrected chi connectivity index (χ4v) is 1.71. The van der Waals surface area contributed by atoms with Gasteiger partial charge in [-0.3, -0.25) is 9.69 Å². The van der Waals surface area contributed by atoms with E-state index in [2.05, 4.69) is 11.8 Å². The second-order valence-corrected chi connectivity index (χ2v) is 3.47. The molecule has 76 valence electrons. The van der Waals surface area contributed by atoms with Crippen molar-refractivity contribution in [2.24, 2.45) is 0 Å². The Labute approximate surface area is 78.5 Å². The Bertz CT molecular complexity index is 180. The molecule has 1 aliphatic heterocycles. The highest BCUT2D eigenvalue weighted by molar-refractivity contribution is 5.67. The maximum Gasteiger partial charge on any atom is 0.304 e. The highest BCUT2D eigenvalue weighted by atomic mass is 16.5. The summed E-state index contributed by atoms with van der Waals surface area (Å²) in [6, 6.07) is 0.538. The minimum absolute atomic E-state index is 0.108. The number of likely N-dealkylation sites (N-methyl/N-ethyl adjacent to an activating group) is 1. The molecular weight excluding hydrogens is 170 g/mol. The number of nitrogens with zero attached hydrogens (tertiary/aromatic N) is 1. The van der Waals surface area contributed by atoms with Crippen LogP contribution < -0.4 is 0 Å². The number of rotatable bonds is 5. The van der Waals surface area contributed by atoms with E-state index in [0.717, 1.165) is 19.8 Å². The van der Waals surface area contributed by atoms with E-state index in [1.807, 2.05) is 6.92 Å². The van der Waals surface area contributed by atoms with Crippen LogP contribution in [0.15, 0.2) is 0 Å². The third-order valence-corrected chi connectivity index (χ3v) is 2.49. The van der Waals surface area contributed by atoms with Gasteiger partial charge in [0.25, 0.3) is 0 Å². The number of hydrogen-bond acceptors (Lipinski definition) is 3. The molecule has 0 amide bonds. The predicted octanol–water partition coefficient (Wildman–Crippen LogP) is 0.570. The molecule has 1 saturated heterocycles. The van der Waals surface area contributed by atoms with Gasteiger partial charge < -0.3 is 9.84 Å². The maximum absolute atomic E-state index is 10.5. The molecule has 1 N–H and O–H groups in total. The van der Waals surface area contributed by atoms with Crippen LogP contribution in [-0.4, -0.2) is 47.8 Å². The van der Waals surface area contributed by atoms with Crippen LogP contribution in [-0.2, 0) is 9.53 Å². The Morgan fingerprint density at radius 1 is 1.69 bits per heavy atom. The van der Waals surface area contributed by atoms with Crippen LogP contribution in [0.1, 0.15) is 20.3 Å².